The first kappa shape index (κ1) is 17.9. The van der Waals surface area contributed by atoms with Crippen molar-refractivity contribution in [2.24, 2.45) is 10.7 Å². The Bertz CT molecular complexity index is 264. The summed E-state index contributed by atoms with van der Waals surface area (Å²) in [5.41, 5.74) is 6.55. The van der Waals surface area contributed by atoms with Crippen molar-refractivity contribution in [3.05, 3.63) is 0 Å². The van der Waals surface area contributed by atoms with E-state index in [1.807, 2.05) is 21.0 Å². The maximum atomic E-state index is 7.32. The predicted molar refractivity (Wildman–Crippen MR) is 83.1 cm³/mol. The van der Waals surface area contributed by atoms with Crippen LogP contribution in [0.15, 0.2) is 4.99 Å². The molecule has 6 N–H and O–H groups in total. The zero-order valence-corrected chi connectivity index (χ0v) is 12.6. The monoisotopic (exact) mass is 270 g/mol. The Morgan fingerprint density at radius 2 is 2.00 bits per heavy atom. The summed E-state index contributed by atoms with van der Waals surface area (Å²) in [7, 11) is 3.85. The van der Waals surface area contributed by atoms with Crippen molar-refractivity contribution >= 4 is 11.7 Å². The molecule has 0 fully saturated rings. The quantitative estimate of drug-likeness (QED) is 0.212. The zero-order chi connectivity index (χ0) is 14.5. The first-order chi connectivity index (χ1) is 9.10. The van der Waals surface area contributed by atoms with Crippen LogP contribution in [-0.4, -0.2) is 51.4 Å². The van der Waals surface area contributed by atoms with E-state index in [1.165, 1.54) is 0 Å². The summed E-state index contributed by atoms with van der Waals surface area (Å²) >= 11 is 0. The number of likely N-dealkylation sites (N-methyl/N-ethyl adjacent to an activating group) is 2. The van der Waals surface area contributed by atoms with Crippen molar-refractivity contribution in [1.82, 2.24) is 16.0 Å². The van der Waals surface area contributed by atoms with Crippen LogP contribution in [0.1, 0.15) is 32.6 Å². The van der Waals surface area contributed by atoms with Gasteiger partial charge in [-0.25, -0.2) is 0 Å². The lowest BCUT2D eigenvalue weighted by molar-refractivity contribution is 0.540. The highest BCUT2D eigenvalue weighted by molar-refractivity contribution is 5.78. The third kappa shape index (κ3) is 11.7. The second-order valence-electron chi connectivity index (χ2n) is 4.79. The number of nitrogens with one attached hydrogen (secondary N) is 4. The lowest BCUT2D eigenvalue weighted by atomic mass is 10.1. The molecule has 0 amide bonds. The standard InChI is InChI=1S/C13H30N6/c1-11(14)7-5-4-6-8-18-13(15)19-10-12(17-3)9-16-2/h12,14,16-17H,4-10H2,1-3H3,(H3,15,18,19). The van der Waals surface area contributed by atoms with Gasteiger partial charge in [0.15, 0.2) is 5.96 Å². The molecule has 0 heterocycles. The summed E-state index contributed by atoms with van der Waals surface area (Å²) in [5, 5.41) is 16.7. The van der Waals surface area contributed by atoms with Gasteiger partial charge in [-0.05, 0) is 40.3 Å². The summed E-state index contributed by atoms with van der Waals surface area (Å²) in [4.78, 5) is 4.31. The molecule has 1 unspecified atom stereocenters. The highest BCUT2D eigenvalue weighted by atomic mass is 15.1. The van der Waals surface area contributed by atoms with Gasteiger partial charge in [-0.1, -0.05) is 6.42 Å². The van der Waals surface area contributed by atoms with Crippen LogP contribution in [0.4, 0.5) is 0 Å². The van der Waals surface area contributed by atoms with Crippen LogP contribution < -0.4 is 21.7 Å². The van der Waals surface area contributed by atoms with Gasteiger partial charge in [0.05, 0.1) is 6.54 Å². The van der Waals surface area contributed by atoms with E-state index in [1.54, 1.807) is 0 Å². The lowest BCUT2D eigenvalue weighted by Gasteiger charge is -2.13. The maximum Gasteiger partial charge on any atom is 0.188 e. The van der Waals surface area contributed by atoms with Gasteiger partial charge in [-0.3, -0.25) is 4.99 Å². The molecule has 6 nitrogen and oxygen atoms in total. The molecule has 0 aromatic rings. The van der Waals surface area contributed by atoms with Gasteiger partial charge in [-0.15, -0.1) is 0 Å². The molecule has 0 radical (unpaired) electrons. The minimum absolute atomic E-state index is 0.306. The van der Waals surface area contributed by atoms with Crippen LogP contribution in [0.2, 0.25) is 0 Å². The molecule has 0 rings (SSSR count). The van der Waals surface area contributed by atoms with Crippen molar-refractivity contribution < 1.29 is 0 Å². The predicted octanol–water partition coefficient (Wildman–Crippen LogP) is 0.298. The summed E-state index contributed by atoms with van der Waals surface area (Å²) in [6, 6.07) is 0.306. The largest absolute Gasteiger partial charge is 0.370 e. The molecule has 0 saturated carbocycles. The van der Waals surface area contributed by atoms with Gasteiger partial charge in [0, 0.05) is 24.8 Å². The van der Waals surface area contributed by atoms with Crippen LogP contribution in [0, 0.1) is 5.41 Å². The molecule has 0 aliphatic heterocycles. The van der Waals surface area contributed by atoms with Crippen molar-refractivity contribution in [3.63, 3.8) is 0 Å². The molecular weight excluding hydrogens is 240 g/mol. The van der Waals surface area contributed by atoms with E-state index in [9.17, 15) is 0 Å². The van der Waals surface area contributed by atoms with Gasteiger partial charge < -0.3 is 27.1 Å². The smallest absolute Gasteiger partial charge is 0.188 e. The number of hydrogen-bond acceptors (Lipinski definition) is 4. The molecule has 112 valence electrons. The second-order valence-corrected chi connectivity index (χ2v) is 4.79. The number of nitrogens with two attached hydrogens (primary N) is 1. The summed E-state index contributed by atoms with van der Waals surface area (Å²) < 4.78 is 0. The normalized spacial score (nSPS) is 13.3. The average molecular weight is 270 g/mol. The number of nitrogens with zero attached hydrogens (tertiary/aromatic N) is 1. The molecule has 0 aliphatic rings. The van der Waals surface area contributed by atoms with Crippen molar-refractivity contribution in [2.75, 3.05) is 33.7 Å². The molecule has 1 atom stereocenters. The number of rotatable bonds is 11. The highest BCUT2D eigenvalue weighted by Crippen LogP contribution is 1.99. The molecule has 0 aromatic heterocycles. The van der Waals surface area contributed by atoms with E-state index >= 15 is 0 Å². The number of hydrogen-bond donors (Lipinski definition) is 5. The molecule has 0 aliphatic carbocycles. The molecule has 0 saturated heterocycles. The average Bonchev–Trinajstić information content (AvgIpc) is 2.38. The number of unbranched alkanes of at least 4 members (excludes halogenated alkanes) is 2. The molecular formula is C13H30N6. The van der Waals surface area contributed by atoms with E-state index in [2.05, 4.69) is 20.9 Å². The van der Waals surface area contributed by atoms with E-state index in [0.29, 0.717) is 18.5 Å². The summed E-state index contributed by atoms with van der Waals surface area (Å²) in [5.74, 6) is 0.514. The fourth-order valence-corrected chi connectivity index (χ4v) is 1.68. The fraction of sp³-hybridized carbons (Fsp3) is 0.846. The third-order valence-corrected chi connectivity index (χ3v) is 2.88. The van der Waals surface area contributed by atoms with Crippen LogP contribution in [0.25, 0.3) is 0 Å². The lowest BCUT2D eigenvalue weighted by Crippen LogP contribution is -2.39. The van der Waals surface area contributed by atoms with Crippen LogP contribution in [0.3, 0.4) is 0 Å². The Morgan fingerprint density at radius 1 is 1.26 bits per heavy atom. The number of aliphatic imine (C=N–C) groups is 1. The van der Waals surface area contributed by atoms with E-state index in [-0.39, 0.29) is 0 Å². The second kappa shape index (κ2) is 11.9. The van der Waals surface area contributed by atoms with Crippen molar-refractivity contribution in [3.8, 4) is 0 Å². The van der Waals surface area contributed by atoms with Gasteiger partial charge in [0.1, 0.15) is 0 Å². The Morgan fingerprint density at radius 3 is 2.58 bits per heavy atom. The first-order valence-corrected chi connectivity index (χ1v) is 6.99. The van der Waals surface area contributed by atoms with Crippen molar-refractivity contribution in [2.45, 2.75) is 38.6 Å². The minimum Gasteiger partial charge on any atom is -0.370 e. The molecule has 6 heteroatoms. The van der Waals surface area contributed by atoms with Gasteiger partial charge in [0.2, 0.25) is 0 Å². The van der Waals surface area contributed by atoms with Crippen LogP contribution >= 0.6 is 0 Å². The highest BCUT2D eigenvalue weighted by Gasteiger charge is 2.02. The topological polar surface area (TPSA) is 98.3 Å². The minimum atomic E-state index is 0.306. The van der Waals surface area contributed by atoms with Gasteiger partial charge >= 0.3 is 0 Å². The first-order valence-electron chi connectivity index (χ1n) is 6.99. The Kier molecular flexibility index (Phi) is 11.2. The molecule has 0 bridgehead atoms. The van der Waals surface area contributed by atoms with E-state index < -0.39 is 0 Å². The van der Waals surface area contributed by atoms with Crippen LogP contribution in [0.5, 0.6) is 0 Å². The molecule has 0 aromatic carbocycles. The van der Waals surface area contributed by atoms with Gasteiger partial charge in [0.25, 0.3) is 0 Å². The fourth-order valence-electron chi connectivity index (χ4n) is 1.68. The third-order valence-electron chi connectivity index (χ3n) is 2.88. The zero-order valence-electron chi connectivity index (χ0n) is 12.6. The Labute approximate surface area is 117 Å². The van der Waals surface area contributed by atoms with Crippen molar-refractivity contribution in [1.29, 1.82) is 5.41 Å². The van der Waals surface area contributed by atoms with Crippen LogP contribution in [-0.2, 0) is 0 Å². The summed E-state index contributed by atoms with van der Waals surface area (Å²) in [6.45, 7) is 4.24. The Balaban J connectivity index is 3.61. The molecule has 0 spiro atoms. The van der Waals surface area contributed by atoms with E-state index in [0.717, 1.165) is 44.5 Å². The SMILES string of the molecule is CNCC(CN=C(N)NCCCCCC(C)=N)NC. The maximum absolute atomic E-state index is 7.32. The molecule has 19 heavy (non-hydrogen) atoms. The summed E-state index contributed by atoms with van der Waals surface area (Å²) in [6.07, 6.45) is 4.17. The Hall–Kier alpha value is -1.14. The van der Waals surface area contributed by atoms with E-state index in [4.69, 9.17) is 11.1 Å². The number of guanidine groups is 1. The van der Waals surface area contributed by atoms with Gasteiger partial charge in [-0.2, -0.15) is 0 Å².